The molecule has 1 atom stereocenters. The van der Waals surface area contributed by atoms with Gasteiger partial charge in [-0.15, -0.1) is 0 Å². The van der Waals surface area contributed by atoms with Crippen molar-refractivity contribution >= 4 is 5.91 Å². The fourth-order valence-electron chi connectivity index (χ4n) is 1.39. The first-order valence-corrected chi connectivity index (χ1v) is 5.01. The smallest absolute Gasteiger partial charge is 0.219 e. The number of carbonyl (C=O) groups excluding carboxylic acids is 1. The second kappa shape index (κ2) is 5.92. The zero-order valence-corrected chi connectivity index (χ0v) is 9.06. The zero-order valence-electron chi connectivity index (χ0n) is 9.06. The van der Waals surface area contributed by atoms with Crippen LogP contribution < -0.4 is 16.2 Å². The summed E-state index contributed by atoms with van der Waals surface area (Å²) in [4.78, 5) is 10.8. The summed E-state index contributed by atoms with van der Waals surface area (Å²) in [6.07, 6.45) is 1.75. The Bertz CT molecular complexity index is 377. The monoisotopic (exact) mass is 220 g/mol. The number of nitrogens with two attached hydrogens (primary N) is 2. The van der Waals surface area contributed by atoms with Crippen LogP contribution >= 0.6 is 0 Å². The van der Waals surface area contributed by atoms with Crippen LogP contribution in [0.4, 0.5) is 0 Å². The Balaban J connectivity index is 2.84. The van der Waals surface area contributed by atoms with Gasteiger partial charge in [0, 0.05) is 18.0 Å². The summed E-state index contributed by atoms with van der Waals surface area (Å²) in [5, 5.41) is 0. The van der Waals surface area contributed by atoms with Crippen LogP contribution in [-0.4, -0.2) is 12.5 Å². The van der Waals surface area contributed by atoms with Crippen LogP contribution in [0, 0.1) is 0 Å². The molecule has 0 bridgehead atoms. The SMILES string of the molecule is C=CCOc1ccccc1C(N)CC(N)=O. The number of para-hydroxylation sites is 1. The standard InChI is InChI=1S/C12H16N2O2/c1-2-7-16-11-6-4-3-5-9(11)10(13)8-12(14)15/h2-6,10H,1,7-8,13H2,(H2,14,15). The van der Waals surface area contributed by atoms with Crippen LogP contribution in [0.15, 0.2) is 36.9 Å². The molecule has 86 valence electrons. The maximum absolute atomic E-state index is 10.8. The summed E-state index contributed by atoms with van der Waals surface area (Å²) in [6, 6.07) is 6.89. The summed E-state index contributed by atoms with van der Waals surface area (Å²) < 4.78 is 5.44. The molecule has 0 spiro atoms. The van der Waals surface area contributed by atoms with Gasteiger partial charge in [0.25, 0.3) is 0 Å². The third kappa shape index (κ3) is 3.40. The summed E-state index contributed by atoms with van der Waals surface area (Å²) in [5.74, 6) is 0.238. The average Bonchev–Trinajstić information content (AvgIpc) is 2.25. The van der Waals surface area contributed by atoms with Crippen molar-refractivity contribution in [3.05, 3.63) is 42.5 Å². The van der Waals surface area contributed by atoms with Gasteiger partial charge in [0.05, 0.1) is 0 Å². The minimum atomic E-state index is -0.432. The molecular weight excluding hydrogens is 204 g/mol. The summed E-state index contributed by atoms with van der Waals surface area (Å²) in [7, 11) is 0. The van der Waals surface area contributed by atoms with E-state index in [1.165, 1.54) is 0 Å². The highest BCUT2D eigenvalue weighted by atomic mass is 16.5. The quantitative estimate of drug-likeness (QED) is 0.705. The molecule has 1 unspecified atom stereocenters. The molecule has 4 N–H and O–H groups in total. The Kier molecular flexibility index (Phi) is 4.54. The van der Waals surface area contributed by atoms with Crippen molar-refractivity contribution < 1.29 is 9.53 Å². The van der Waals surface area contributed by atoms with E-state index in [4.69, 9.17) is 16.2 Å². The van der Waals surface area contributed by atoms with Crippen LogP contribution in [0.3, 0.4) is 0 Å². The second-order valence-electron chi connectivity index (χ2n) is 3.41. The van der Waals surface area contributed by atoms with Gasteiger partial charge in [0.2, 0.25) is 5.91 Å². The van der Waals surface area contributed by atoms with Gasteiger partial charge in [-0.2, -0.15) is 0 Å². The maximum Gasteiger partial charge on any atom is 0.219 e. The van der Waals surface area contributed by atoms with Crippen molar-refractivity contribution in [2.45, 2.75) is 12.5 Å². The topological polar surface area (TPSA) is 78.3 Å². The van der Waals surface area contributed by atoms with Gasteiger partial charge in [-0.3, -0.25) is 4.79 Å². The van der Waals surface area contributed by atoms with Crippen molar-refractivity contribution in [2.75, 3.05) is 6.61 Å². The molecule has 0 aliphatic heterocycles. The highest BCUT2D eigenvalue weighted by molar-refractivity contribution is 5.74. The summed E-state index contributed by atoms with van der Waals surface area (Å²) in [5.41, 5.74) is 11.7. The lowest BCUT2D eigenvalue weighted by Gasteiger charge is -2.14. The molecular formula is C12H16N2O2. The van der Waals surface area contributed by atoms with Crippen molar-refractivity contribution in [2.24, 2.45) is 11.5 Å². The predicted octanol–water partition coefficient (Wildman–Crippen LogP) is 1.13. The molecule has 0 aromatic heterocycles. The van der Waals surface area contributed by atoms with Crippen molar-refractivity contribution in [3.8, 4) is 5.75 Å². The first-order chi connectivity index (χ1) is 7.65. The number of hydrogen-bond acceptors (Lipinski definition) is 3. The fourth-order valence-corrected chi connectivity index (χ4v) is 1.39. The highest BCUT2D eigenvalue weighted by Gasteiger charge is 2.13. The Labute approximate surface area is 94.9 Å². The molecule has 4 heteroatoms. The van der Waals surface area contributed by atoms with E-state index in [2.05, 4.69) is 6.58 Å². The summed E-state index contributed by atoms with van der Waals surface area (Å²) in [6.45, 7) is 3.97. The third-order valence-corrected chi connectivity index (χ3v) is 2.10. The molecule has 0 aliphatic rings. The molecule has 0 fully saturated rings. The van der Waals surface area contributed by atoms with Gasteiger partial charge in [-0.1, -0.05) is 30.9 Å². The van der Waals surface area contributed by atoms with E-state index in [0.717, 1.165) is 5.56 Å². The van der Waals surface area contributed by atoms with E-state index >= 15 is 0 Å². The van der Waals surface area contributed by atoms with E-state index in [9.17, 15) is 4.79 Å². The fraction of sp³-hybridized carbons (Fsp3) is 0.250. The predicted molar refractivity (Wildman–Crippen MR) is 62.9 cm³/mol. The normalized spacial score (nSPS) is 11.8. The lowest BCUT2D eigenvalue weighted by atomic mass is 10.0. The second-order valence-corrected chi connectivity index (χ2v) is 3.41. The van der Waals surface area contributed by atoms with Crippen molar-refractivity contribution in [3.63, 3.8) is 0 Å². The average molecular weight is 220 g/mol. The molecule has 0 saturated heterocycles. The molecule has 1 aromatic rings. The van der Waals surface area contributed by atoms with Crippen molar-refractivity contribution in [1.29, 1.82) is 0 Å². The molecule has 1 aromatic carbocycles. The largest absolute Gasteiger partial charge is 0.489 e. The molecule has 16 heavy (non-hydrogen) atoms. The molecule has 0 aliphatic carbocycles. The number of benzene rings is 1. The number of carbonyl (C=O) groups is 1. The summed E-state index contributed by atoms with van der Waals surface area (Å²) >= 11 is 0. The lowest BCUT2D eigenvalue weighted by molar-refractivity contribution is -0.118. The van der Waals surface area contributed by atoms with Crippen LogP contribution in [0.5, 0.6) is 5.75 Å². The first kappa shape index (κ1) is 12.3. The van der Waals surface area contributed by atoms with Gasteiger partial charge in [-0.05, 0) is 6.07 Å². The van der Waals surface area contributed by atoms with Crippen LogP contribution in [0.25, 0.3) is 0 Å². The van der Waals surface area contributed by atoms with Crippen molar-refractivity contribution in [1.82, 2.24) is 0 Å². The third-order valence-electron chi connectivity index (χ3n) is 2.10. The Hall–Kier alpha value is -1.81. The van der Waals surface area contributed by atoms with Gasteiger partial charge < -0.3 is 16.2 Å². The Morgan fingerprint density at radius 1 is 1.50 bits per heavy atom. The molecule has 1 rings (SSSR count). The number of ether oxygens (including phenoxy) is 1. The molecule has 0 radical (unpaired) electrons. The number of rotatable bonds is 6. The minimum Gasteiger partial charge on any atom is -0.489 e. The van der Waals surface area contributed by atoms with Gasteiger partial charge >= 0.3 is 0 Å². The molecule has 4 nitrogen and oxygen atoms in total. The Morgan fingerprint density at radius 2 is 2.19 bits per heavy atom. The molecule has 0 saturated carbocycles. The van der Waals surface area contributed by atoms with Crippen LogP contribution in [0.2, 0.25) is 0 Å². The van der Waals surface area contributed by atoms with Gasteiger partial charge in [0.15, 0.2) is 0 Å². The molecule has 0 heterocycles. The van der Waals surface area contributed by atoms with E-state index in [1.807, 2.05) is 18.2 Å². The number of amides is 1. The van der Waals surface area contributed by atoms with E-state index < -0.39 is 11.9 Å². The number of primary amides is 1. The first-order valence-electron chi connectivity index (χ1n) is 5.01. The highest BCUT2D eigenvalue weighted by Crippen LogP contribution is 2.25. The minimum absolute atomic E-state index is 0.106. The van der Waals surface area contributed by atoms with Crippen LogP contribution in [0.1, 0.15) is 18.0 Å². The van der Waals surface area contributed by atoms with Gasteiger partial charge in [-0.25, -0.2) is 0 Å². The maximum atomic E-state index is 10.8. The zero-order chi connectivity index (χ0) is 12.0. The Morgan fingerprint density at radius 3 is 2.81 bits per heavy atom. The van der Waals surface area contributed by atoms with E-state index in [1.54, 1.807) is 12.1 Å². The lowest BCUT2D eigenvalue weighted by Crippen LogP contribution is -2.21. The van der Waals surface area contributed by atoms with Crippen LogP contribution in [-0.2, 0) is 4.79 Å². The van der Waals surface area contributed by atoms with E-state index in [-0.39, 0.29) is 6.42 Å². The number of hydrogen-bond donors (Lipinski definition) is 2. The van der Waals surface area contributed by atoms with Gasteiger partial charge in [0.1, 0.15) is 12.4 Å². The van der Waals surface area contributed by atoms with E-state index in [0.29, 0.717) is 12.4 Å². The molecule has 1 amide bonds.